The molecule has 3 atom stereocenters. The van der Waals surface area contributed by atoms with E-state index in [1.807, 2.05) is 6.07 Å². The van der Waals surface area contributed by atoms with Crippen LogP contribution in [0.3, 0.4) is 0 Å². The van der Waals surface area contributed by atoms with Gasteiger partial charge in [-0.3, -0.25) is 0 Å². The first-order chi connectivity index (χ1) is 9.78. The van der Waals surface area contributed by atoms with Gasteiger partial charge in [-0.1, -0.05) is 6.92 Å². The molecule has 0 spiro atoms. The van der Waals surface area contributed by atoms with Gasteiger partial charge in [-0.05, 0) is 32.6 Å². The molecule has 110 valence electrons. The molecule has 0 radical (unpaired) electrons. The van der Waals surface area contributed by atoms with E-state index < -0.39 is 0 Å². The molecule has 2 aliphatic heterocycles. The Balaban J connectivity index is 1.73. The lowest BCUT2D eigenvalue weighted by Gasteiger charge is -2.21. The first kappa shape index (κ1) is 13.6. The molecule has 2 fully saturated rings. The molecule has 0 aromatic carbocycles. The summed E-state index contributed by atoms with van der Waals surface area (Å²) in [5.74, 6) is 2.76. The van der Waals surface area contributed by atoms with E-state index in [-0.39, 0.29) is 0 Å². The second-order valence-corrected chi connectivity index (χ2v) is 5.70. The first-order valence-corrected chi connectivity index (χ1v) is 7.82. The molecule has 1 aromatic heterocycles. The maximum Gasteiger partial charge on any atom is 0.133 e. The van der Waals surface area contributed by atoms with Gasteiger partial charge in [-0.25, -0.2) is 9.97 Å². The largest absolute Gasteiger partial charge is 0.373 e. The molecular weight excluding hydrogens is 252 g/mol. The molecule has 2 bridgehead atoms. The molecule has 1 aromatic rings. The van der Waals surface area contributed by atoms with Crippen LogP contribution in [0.25, 0.3) is 0 Å². The Morgan fingerprint density at radius 3 is 2.75 bits per heavy atom. The molecule has 0 aliphatic carbocycles. The van der Waals surface area contributed by atoms with Crippen molar-refractivity contribution in [2.45, 2.75) is 64.2 Å². The van der Waals surface area contributed by atoms with Gasteiger partial charge in [0, 0.05) is 19.0 Å². The third-order valence-electron chi connectivity index (χ3n) is 4.04. The Labute approximate surface area is 120 Å². The minimum absolute atomic E-state index is 0.368. The normalized spacial score (nSPS) is 27.8. The Morgan fingerprint density at radius 2 is 2.10 bits per heavy atom. The SMILES string of the molecule is CCCc1nc(NCC)cc(NC2CC3CCC2O3)n1. The van der Waals surface area contributed by atoms with Gasteiger partial charge in [0.05, 0.1) is 18.2 Å². The number of hydrogen-bond donors (Lipinski definition) is 2. The van der Waals surface area contributed by atoms with E-state index in [1.165, 1.54) is 12.8 Å². The van der Waals surface area contributed by atoms with Crippen LogP contribution in [0.4, 0.5) is 11.6 Å². The molecule has 3 rings (SSSR count). The van der Waals surface area contributed by atoms with Crippen LogP contribution >= 0.6 is 0 Å². The lowest BCUT2D eigenvalue weighted by atomic mass is 9.95. The zero-order chi connectivity index (χ0) is 13.9. The highest BCUT2D eigenvalue weighted by atomic mass is 16.5. The summed E-state index contributed by atoms with van der Waals surface area (Å²) in [5.41, 5.74) is 0. The van der Waals surface area contributed by atoms with Gasteiger partial charge in [0.2, 0.25) is 0 Å². The molecule has 5 heteroatoms. The maximum absolute atomic E-state index is 5.89. The Hall–Kier alpha value is -1.36. The molecule has 2 saturated heterocycles. The molecular formula is C15H24N4O. The highest BCUT2D eigenvalue weighted by Crippen LogP contribution is 2.35. The number of anilines is 2. The third-order valence-corrected chi connectivity index (χ3v) is 4.04. The second-order valence-electron chi connectivity index (χ2n) is 5.70. The van der Waals surface area contributed by atoms with Crippen LogP contribution in [0.15, 0.2) is 6.07 Å². The number of rotatable bonds is 6. The fraction of sp³-hybridized carbons (Fsp3) is 0.733. The number of ether oxygens (including phenoxy) is 1. The molecule has 5 nitrogen and oxygen atoms in total. The van der Waals surface area contributed by atoms with E-state index >= 15 is 0 Å². The highest BCUT2D eigenvalue weighted by Gasteiger charge is 2.40. The number of aryl methyl sites for hydroxylation is 1. The summed E-state index contributed by atoms with van der Waals surface area (Å²) in [5, 5.41) is 6.84. The number of hydrogen-bond acceptors (Lipinski definition) is 5. The van der Waals surface area contributed by atoms with Crippen molar-refractivity contribution >= 4 is 11.6 Å². The summed E-state index contributed by atoms with van der Waals surface area (Å²) >= 11 is 0. The fourth-order valence-corrected chi connectivity index (χ4v) is 3.16. The summed E-state index contributed by atoms with van der Waals surface area (Å²) in [4.78, 5) is 9.18. The van der Waals surface area contributed by atoms with Gasteiger partial charge in [-0.2, -0.15) is 0 Å². The summed E-state index contributed by atoms with van der Waals surface area (Å²) in [6.45, 7) is 5.11. The Morgan fingerprint density at radius 1 is 1.25 bits per heavy atom. The molecule has 2 aliphatic rings. The van der Waals surface area contributed by atoms with Gasteiger partial charge in [0.1, 0.15) is 17.5 Å². The van der Waals surface area contributed by atoms with Crippen LogP contribution in [-0.4, -0.2) is 34.8 Å². The molecule has 0 amide bonds. The van der Waals surface area contributed by atoms with Crippen molar-refractivity contribution in [3.05, 3.63) is 11.9 Å². The van der Waals surface area contributed by atoms with Gasteiger partial charge >= 0.3 is 0 Å². The van der Waals surface area contributed by atoms with Gasteiger partial charge in [0.25, 0.3) is 0 Å². The molecule has 0 saturated carbocycles. The van der Waals surface area contributed by atoms with Crippen molar-refractivity contribution in [2.75, 3.05) is 17.2 Å². The quantitative estimate of drug-likeness (QED) is 0.836. The minimum Gasteiger partial charge on any atom is -0.373 e. The summed E-state index contributed by atoms with van der Waals surface area (Å²) in [7, 11) is 0. The topological polar surface area (TPSA) is 59.1 Å². The van der Waals surface area contributed by atoms with Crippen molar-refractivity contribution in [1.82, 2.24) is 9.97 Å². The van der Waals surface area contributed by atoms with Crippen molar-refractivity contribution in [3.63, 3.8) is 0 Å². The molecule has 2 N–H and O–H groups in total. The number of nitrogens with one attached hydrogen (secondary N) is 2. The predicted molar refractivity (Wildman–Crippen MR) is 80.1 cm³/mol. The smallest absolute Gasteiger partial charge is 0.133 e. The van der Waals surface area contributed by atoms with Crippen molar-refractivity contribution in [1.29, 1.82) is 0 Å². The van der Waals surface area contributed by atoms with E-state index in [4.69, 9.17) is 4.74 Å². The molecule has 3 unspecified atom stereocenters. The standard InChI is InChI=1S/C15H24N4O/c1-3-5-13-18-14(16-4-2)9-15(19-13)17-11-8-10-6-7-12(11)20-10/h9-12H,3-8H2,1-2H3,(H2,16,17,18,19). The van der Waals surface area contributed by atoms with Gasteiger partial charge in [-0.15, -0.1) is 0 Å². The number of fused-ring (bicyclic) bond motifs is 2. The highest BCUT2D eigenvalue weighted by molar-refractivity contribution is 5.48. The van der Waals surface area contributed by atoms with Crippen LogP contribution in [0.2, 0.25) is 0 Å². The van der Waals surface area contributed by atoms with E-state index in [9.17, 15) is 0 Å². The lowest BCUT2D eigenvalue weighted by molar-refractivity contribution is 0.102. The Kier molecular flexibility index (Phi) is 4.05. The van der Waals surface area contributed by atoms with Crippen LogP contribution in [0, 0.1) is 0 Å². The monoisotopic (exact) mass is 276 g/mol. The zero-order valence-corrected chi connectivity index (χ0v) is 12.4. The Bertz CT molecular complexity index is 441. The zero-order valence-electron chi connectivity index (χ0n) is 12.4. The van der Waals surface area contributed by atoms with Gasteiger partial charge < -0.3 is 15.4 Å². The van der Waals surface area contributed by atoms with Crippen LogP contribution in [0.1, 0.15) is 45.4 Å². The number of aromatic nitrogens is 2. The van der Waals surface area contributed by atoms with Crippen molar-refractivity contribution in [3.8, 4) is 0 Å². The van der Waals surface area contributed by atoms with Crippen molar-refractivity contribution < 1.29 is 4.74 Å². The van der Waals surface area contributed by atoms with Crippen LogP contribution in [0.5, 0.6) is 0 Å². The van der Waals surface area contributed by atoms with E-state index in [0.29, 0.717) is 18.2 Å². The summed E-state index contributed by atoms with van der Waals surface area (Å²) in [6.07, 6.45) is 6.31. The lowest BCUT2D eigenvalue weighted by Crippen LogP contribution is -2.31. The maximum atomic E-state index is 5.89. The number of nitrogens with zero attached hydrogens (tertiary/aromatic N) is 2. The van der Waals surface area contributed by atoms with E-state index in [0.717, 1.165) is 43.3 Å². The van der Waals surface area contributed by atoms with Crippen molar-refractivity contribution in [2.24, 2.45) is 0 Å². The van der Waals surface area contributed by atoms with E-state index in [2.05, 4.69) is 34.4 Å². The fourth-order valence-electron chi connectivity index (χ4n) is 3.16. The second kappa shape index (κ2) is 5.95. The van der Waals surface area contributed by atoms with Crippen LogP contribution < -0.4 is 10.6 Å². The van der Waals surface area contributed by atoms with Gasteiger partial charge in [0.15, 0.2) is 0 Å². The molecule has 3 heterocycles. The minimum atomic E-state index is 0.368. The molecule has 20 heavy (non-hydrogen) atoms. The van der Waals surface area contributed by atoms with E-state index in [1.54, 1.807) is 0 Å². The first-order valence-electron chi connectivity index (χ1n) is 7.82. The average Bonchev–Trinajstić information content (AvgIpc) is 3.01. The summed E-state index contributed by atoms with van der Waals surface area (Å²) < 4.78 is 5.89. The summed E-state index contributed by atoms with van der Waals surface area (Å²) in [6, 6.07) is 2.42. The average molecular weight is 276 g/mol. The predicted octanol–water partition coefficient (Wildman–Crippen LogP) is 2.59. The third kappa shape index (κ3) is 2.87. The van der Waals surface area contributed by atoms with Crippen LogP contribution in [-0.2, 0) is 11.2 Å².